The predicted octanol–water partition coefficient (Wildman–Crippen LogP) is 0.209. The Kier molecular flexibility index (Phi) is 1.89. The Morgan fingerprint density at radius 3 is 3.11 bits per heavy atom. The van der Waals surface area contributed by atoms with Crippen molar-refractivity contribution in [3.63, 3.8) is 0 Å². The summed E-state index contributed by atoms with van der Waals surface area (Å²) in [6, 6.07) is 0. The van der Waals surface area contributed by atoms with E-state index < -0.39 is 0 Å². The SMILES string of the molecule is CC(=NO)OCC1CO1. The standard InChI is InChI=1S/C5H9NO3/c1-4(6-7)8-2-5-3-9-5/h5,7H,2-3H2,1H3. The van der Waals surface area contributed by atoms with Crippen LogP contribution in [-0.4, -0.2) is 30.4 Å². The van der Waals surface area contributed by atoms with Crippen molar-refractivity contribution in [3.8, 4) is 0 Å². The van der Waals surface area contributed by atoms with Crippen LogP contribution in [0.3, 0.4) is 0 Å². The van der Waals surface area contributed by atoms with Gasteiger partial charge in [-0.2, -0.15) is 0 Å². The molecule has 1 heterocycles. The molecule has 9 heavy (non-hydrogen) atoms. The normalized spacial score (nSPS) is 25.9. The van der Waals surface area contributed by atoms with Crippen molar-refractivity contribution in [3.05, 3.63) is 0 Å². The van der Waals surface area contributed by atoms with Crippen molar-refractivity contribution in [2.75, 3.05) is 13.2 Å². The van der Waals surface area contributed by atoms with Crippen molar-refractivity contribution in [2.45, 2.75) is 13.0 Å². The lowest BCUT2D eigenvalue weighted by molar-refractivity contribution is 0.226. The molecule has 4 heteroatoms. The van der Waals surface area contributed by atoms with Gasteiger partial charge in [-0.3, -0.25) is 0 Å². The van der Waals surface area contributed by atoms with Crippen LogP contribution >= 0.6 is 0 Å². The Morgan fingerprint density at radius 2 is 2.67 bits per heavy atom. The van der Waals surface area contributed by atoms with E-state index in [9.17, 15) is 0 Å². The zero-order valence-electron chi connectivity index (χ0n) is 5.20. The lowest BCUT2D eigenvalue weighted by atomic mass is 10.5. The van der Waals surface area contributed by atoms with Gasteiger partial charge >= 0.3 is 0 Å². The molecule has 1 aliphatic rings. The first kappa shape index (κ1) is 6.35. The molecule has 1 atom stereocenters. The highest BCUT2D eigenvalue weighted by Gasteiger charge is 2.23. The average molecular weight is 131 g/mol. The average Bonchev–Trinajstić information content (AvgIpc) is 2.65. The van der Waals surface area contributed by atoms with Crippen molar-refractivity contribution in [1.82, 2.24) is 0 Å². The highest BCUT2D eigenvalue weighted by atomic mass is 16.6. The van der Waals surface area contributed by atoms with Crippen LogP contribution in [0.2, 0.25) is 0 Å². The number of nitrogens with zero attached hydrogens (tertiary/aromatic N) is 1. The topological polar surface area (TPSA) is 54.4 Å². The van der Waals surface area contributed by atoms with Gasteiger partial charge in [0.2, 0.25) is 5.90 Å². The van der Waals surface area contributed by atoms with E-state index in [1.54, 1.807) is 6.92 Å². The summed E-state index contributed by atoms with van der Waals surface area (Å²) >= 11 is 0. The first-order valence-corrected chi connectivity index (χ1v) is 2.76. The molecule has 0 amide bonds. The summed E-state index contributed by atoms with van der Waals surface area (Å²) < 4.78 is 9.73. The van der Waals surface area contributed by atoms with Crippen LogP contribution in [0.25, 0.3) is 0 Å². The van der Waals surface area contributed by atoms with Gasteiger partial charge in [0.25, 0.3) is 0 Å². The second kappa shape index (κ2) is 2.68. The zero-order valence-corrected chi connectivity index (χ0v) is 5.20. The molecule has 0 aromatic carbocycles. The van der Waals surface area contributed by atoms with Crippen molar-refractivity contribution in [2.24, 2.45) is 5.16 Å². The third-order valence-electron chi connectivity index (χ3n) is 1.02. The summed E-state index contributed by atoms with van der Waals surface area (Å²) in [5.74, 6) is 0.283. The van der Waals surface area contributed by atoms with Gasteiger partial charge in [0.15, 0.2) is 0 Å². The molecular weight excluding hydrogens is 122 g/mol. The maximum absolute atomic E-state index is 8.09. The Bertz CT molecular complexity index is 119. The Labute approximate surface area is 53.1 Å². The fraction of sp³-hybridized carbons (Fsp3) is 0.800. The molecule has 1 saturated heterocycles. The summed E-state index contributed by atoms with van der Waals surface area (Å²) in [6.07, 6.45) is 0.224. The summed E-state index contributed by atoms with van der Waals surface area (Å²) in [6.45, 7) is 2.84. The van der Waals surface area contributed by atoms with E-state index in [0.29, 0.717) is 6.61 Å². The highest BCUT2D eigenvalue weighted by molar-refractivity contribution is 5.72. The maximum Gasteiger partial charge on any atom is 0.222 e. The van der Waals surface area contributed by atoms with Crippen LogP contribution in [0, 0.1) is 0 Å². The molecule has 0 bridgehead atoms. The summed E-state index contributed by atoms with van der Waals surface area (Å²) in [5, 5.41) is 10.9. The number of rotatable bonds is 2. The lowest BCUT2D eigenvalue weighted by Crippen LogP contribution is -2.05. The minimum absolute atomic E-state index is 0.224. The largest absolute Gasteiger partial charge is 0.476 e. The molecule has 1 N–H and O–H groups in total. The van der Waals surface area contributed by atoms with Crippen LogP contribution in [0.1, 0.15) is 6.92 Å². The Hall–Kier alpha value is -0.770. The first-order chi connectivity index (χ1) is 4.33. The molecule has 52 valence electrons. The number of oxime groups is 1. The summed E-state index contributed by atoms with van der Waals surface area (Å²) in [4.78, 5) is 0. The van der Waals surface area contributed by atoms with Crippen molar-refractivity contribution < 1.29 is 14.7 Å². The third kappa shape index (κ3) is 2.32. The number of hydrogen-bond donors (Lipinski definition) is 1. The quantitative estimate of drug-likeness (QED) is 0.191. The highest BCUT2D eigenvalue weighted by Crippen LogP contribution is 2.08. The van der Waals surface area contributed by atoms with E-state index in [4.69, 9.17) is 14.7 Å². The number of hydrogen-bond acceptors (Lipinski definition) is 4. The molecule has 0 saturated carbocycles. The van der Waals surface area contributed by atoms with E-state index >= 15 is 0 Å². The van der Waals surface area contributed by atoms with Gasteiger partial charge in [0, 0.05) is 6.92 Å². The van der Waals surface area contributed by atoms with Gasteiger partial charge < -0.3 is 14.7 Å². The number of epoxide rings is 1. The smallest absolute Gasteiger partial charge is 0.222 e. The molecule has 0 aromatic rings. The van der Waals surface area contributed by atoms with E-state index in [1.807, 2.05) is 0 Å². The van der Waals surface area contributed by atoms with Gasteiger partial charge in [-0.25, -0.2) is 0 Å². The van der Waals surface area contributed by atoms with Crippen LogP contribution in [0.5, 0.6) is 0 Å². The molecule has 1 unspecified atom stereocenters. The fourth-order valence-electron chi connectivity index (χ4n) is 0.407. The van der Waals surface area contributed by atoms with Crippen molar-refractivity contribution in [1.29, 1.82) is 0 Å². The van der Waals surface area contributed by atoms with Crippen LogP contribution < -0.4 is 0 Å². The molecule has 0 aliphatic carbocycles. The molecule has 1 fully saturated rings. The van der Waals surface area contributed by atoms with Gasteiger partial charge in [0.1, 0.15) is 12.7 Å². The summed E-state index contributed by atoms with van der Waals surface area (Å²) in [5.41, 5.74) is 0. The number of ether oxygens (including phenoxy) is 2. The molecular formula is C5H9NO3. The van der Waals surface area contributed by atoms with Gasteiger partial charge in [-0.1, -0.05) is 5.16 Å². The second-order valence-electron chi connectivity index (χ2n) is 1.89. The van der Waals surface area contributed by atoms with Crippen LogP contribution in [0.4, 0.5) is 0 Å². The van der Waals surface area contributed by atoms with Gasteiger partial charge in [-0.15, -0.1) is 0 Å². The molecule has 0 spiro atoms. The predicted molar refractivity (Wildman–Crippen MR) is 30.6 cm³/mol. The third-order valence-corrected chi connectivity index (χ3v) is 1.02. The molecule has 1 aliphatic heterocycles. The van der Waals surface area contributed by atoms with E-state index in [2.05, 4.69) is 5.16 Å². The molecule has 0 aromatic heterocycles. The molecule has 0 radical (unpaired) electrons. The monoisotopic (exact) mass is 131 g/mol. The van der Waals surface area contributed by atoms with Gasteiger partial charge in [-0.05, 0) is 0 Å². The zero-order chi connectivity index (χ0) is 6.69. The fourth-order valence-corrected chi connectivity index (χ4v) is 0.407. The maximum atomic E-state index is 8.09. The van der Waals surface area contributed by atoms with E-state index in [-0.39, 0.29) is 12.0 Å². The van der Waals surface area contributed by atoms with Gasteiger partial charge in [0.05, 0.1) is 6.61 Å². The minimum Gasteiger partial charge on any atom is -0.476 e. The first-order valence-electron chi connectivity index (χ1n) is 2.76. The van der Waals surface area contributed by atoms with Crippen molar-refractivity contribution >= 4 is 5.90 Å². The molecule has 4 nitrogen and oxygen atoms in total. The van der Waals surface area contributed by atoms with E-state index in [0.717, 1.165) is 6.61 Å². The van der Waals surface area contributed by atoms with Crippen LogP contribution in [-0.2, 0) is 9.47 Å². The lowest BCUT2D eigenvalue weighted by Gasteiger charge is -1.97. The Balaban J connectivity index is 2.03. The summed E-state index contributed by atoms with van der Waals surface area (Å²) in [7, 11) is 0. The van der Waals surface area contributed by atoms with Crippen LogP contribution in [0.15, 0.2) is 5.16 Å². The Morgan fingerprint density at radius 1 is 2.00 bits per heavy atom. The van der Waals surface area contributed by atoms with E-state index in [1.165, 1.54) is 0 Å². The molecule has 1 rings (SSSR count). The second-order valence-corrected chi connectivity index (χ2v) is 1.89. The minimum atomic E-state index is 0.224.